The van der Waals surface area contributed by atoms with Gasteiger partial charge in [-0.05, 0) is 13.0 Å². The molecule has 1 aliphatic heterocycles. The van der Waals surface area contributed by atoms with E-state index in [1.807, 2.05) is 0 Å². The molecular weight excluding hydrogens is 180 g/mol. The lowest BCUT2D eigenvalue weighted by Crippen LogP contribution is -2.23. The summed E-state index contributed by atoms with van der Waals surface area (Å²) >= 11 is 5.45. The number of ether oxygens (including phenoxy) is 1. The Bertz CT molecular complexity index is 245. The van der Waals surface area contributed by atoms with E-state index in [-0.39, 0.29) is 5.03 Å². The van der Waals surface area contributed by atoms with Crippen LogP contribution in [0.1, 0.15) is 6.92 Å². The predicted octanol–water partition coefficient (Wildman–Crippen LogP) is 0.971. The standard InChI is InChI=1S/C8H9ClO3/c1-2-3-6(10)7-4-5(9)8(11)12-7/h2-4,6-7,10H,1H3/b3-2+/t6-,7-/m1/s1. The molecule has 0 saturated carbocycles. The topological polar surface area (TPSA) is 46.5 Å². The van der Waals surface area contributed by atoms with E-state index < -0.39 is 18.2 Å². The smallest absolute Gasteiger partial charge is 0.350 e. The van der Waals surface area contributed by atoms with Crippen LogP contribution in [0.3, 0.4) is 0 Å². The molecule has 0 aromatic carbocycles. The van der Waals surface area contributed by atoms with Gasteiger partial charge in [-0.1, -0.05) is 23.8 Å². The quantitative estimate of drug-likeness (QED) is 0.519. The Morgan fingerprint density at radius 2 is 2.50 bits per heavy atom. The van der Waals surface area contributed by atoms with Gasteiger partial charge in [0.25, 0.3) is 0 Å². The zero-order valence-corrected chi connectivity index (χ0v) is 7.28. The van der Waals surface area contributed by atoms with Gasteiger partial charge >= 0.3 is 5.97 Å². The number of aliphatic hydroxyl groups excluding tert-OH is 1. The Hall–Kier alpha value is -0.800. The van der Waals surface area contributed by atoms with Crippen molar-refractivity contribution in [1.82, 2.24) is 0 Å². The molecule has 4 heteroatoms. The molecule has 0 saturated heterocycles. The molecule has 12 heavy (non-hydrogen) atoms. The fourth-order valence-electron chi connectivity index (χ4n) is 0.901. The van der Waals surface area contributed by atoms with E-state index in [0.29, 0.717) is 0 Å². The zero-order valence-electron chi connectivity index (χ0n) is 6.53. The van der Waals surface area contributed by atoms with E-state index in [1.165, 1.54) is 12.2 Å². The third-order valence-electron chi connectivity index (χ3n) is 1.47. The van der Waals surface area contributed by atoms with Crippen molar-refractivity contribution in [2.75, 3.05) is 0 Å². The lowest BCUT2D eigenvalue weighted by Gasteiger charge is -2.11. The normalized spacial score (nSPS) is 25.8. The Balaban J connectivity index is 2.63. The van der Waals surface area contributed by atoms with Crippen LogP contribution < -0.4 is 0 Å². The van der Waals surface area contributed by atoms with Crippen molar-refractivity contribution in [2.45, 2.75) is 19.1 Å². The van der Waals surface area contributed by atoms with Crippen molar-refractivity contribution < 1.29 is 14.6 Å². The average molecular weight is 189 g/mol. The minimum atomic E-state index is -0.810. The van der Waals surface area contributed by atoms with Crippen LogP contribution in [0, 0.1) is 0 Å². The molecule has 1 heterocycles. The molecule has 0 aromatic rings. The second kappa shape index (κ2) is 3.74. The molecule has 0 radical (unpaired) electrons. The SMILES string of the molecule is C/C=C/[C@@H](O)[C@H]1C=C(Cl)C(=O)O1. The fourth-order valence-corrected chi connectivity index (χ4v) is 1.07. The van der Waals surface area contributed by atoms with Crippen molar-refractivity contribution in [3.63, 3.8) is 0 Å². The third-order valence-corrected chi connectivity index (χ3v) is 1.76. The number of carbonyl (C=O) groups is 1. The highest BCUT2D eigenvalue weighted by Gasteiger charge is 2.28. The number of esters is 1. The molecule has 1 rings (SSSR count). The summed E-state index contributed by atoms with van der Waals surface area (Å²) in [7, 11) is 0. The van der Waals surface area contributed by atoms with Crippen molar-refractivity contribution >= 4 is 17.6 Å². The van der Waals surface area contributed by atoms with Crippen LogP contribution in [0.2, 0.25) is 0 Å². The molecule has 1 aliphatic rings. The number of aliphatic hydroxyl groups is 1. The summed E-state index contributed by atoms with van der Waals surface area (Å²) in [5.74, 6) is -0.579. The first kappa shape index (κ1) is 9.29. The Morgan fingerprint density at radius 3 is 2.92 bits per heavy atom. The summed E-state index contributed by atoms with van der Waals surface area (Å²) in [4.78, 5) is 10.7. The second-order valence-corrected chi connectivity index (χ2v) is 2.81. The van der Waals surface area contributed by atoms with Crippen molar-refractivity contribution in [1.29, 1.82) is 0 Å². The highest BCUT2D eigenvalue weighted by atomic mass is 35.5. The van der Waals surface area contributed by atoms with E-state index in [0.717, 1.165) is 0 Å². The number of hydrogen-bond acceptors (Lipinski definition) is 3. The first-order valence-corrected chi connectivity index (χ1v) is 3.92. The summed E-state index contributed by atoms with van der Waals surface area (Å²) in [5, 5.41) is 9.35. The van der Waals surface area contributed by atoms with Crippen LogP contribution in [0.15, 0.2) is 23.3 Å². The molecule has 2 atom stereocenters. The maximum atomic E-state index is 10.7. The average Bonchev–Trinajstić information content (AvgIpc) is 2.33. The highest BCUT2D eigenvalue weighted by Crippen LogP contribution is 2.19. The van der Waals surface area contributed by atoms with Crippen LogP contribution in [0.4, 0.5) is 0 Å². The number of hydrogen-bond donors (Lipinski definition) is 1. The molecule has 0 spiro atoms. The summed E-state index contributed by atoms with van der Waals surface area (Å²) < 4.78 is 4.72. The first-order valence-electron chi connectivity index (χ1n) is 3.54. The summed E-state index contributed by atoms with van der Waals surface area (Å²) in [6.07, 6.45) is 3.16. The van der Waals surface area contributed by atoms with Crippen molar-refractivity contribution in [2.24, 2.45) is 0 Å². The Morgan fingerprint density at radius 1 is 1.83 bits per heavy atom. The molecule has 0 bridgehead atoms. The van der Waals surface area contributed by atoms with Gasteiger partial charge in [0.1, 0.15) is 11.1 Å². The summed E-state index contributed by atoms with van der Waals surface area (Å²) in [6, 6.07) is 0. The second-order valence-electron chi connectivity index (χ2n) is 2.40. The molecule has 1 N–H and O–H groups in total. The molecule has 66 valence electrons. The van der Waals surface area contributed by atoms with E-state index in [2.05, 4.69) is 0 Å². The fraction of sp³-hybridized carbons (Fsp3) is 0.375. The number of halogens is 1. The lowest BCUT2D eigenvalue weighted by molar-refractivity contribution is -0.141. The first-order chi connectivity index (χ1) is 5.65. The van der Waals surface area contributed by atoms with Gasteiger partial charge in [0.05, 0.1) is 0 Å². The Kier molecular flexibility index (Phi) is 2.89. The maximum absolute atomic E-state index is 10.7. The molecular formula is C8H9ClO3. The molecule has 0 unspecified atom stereocenters. The van der Waals surface area contributed by atoms with Crippen LogP contribution in [-0.4, -0.2) is 23.3 Å². The minimum Gasteiger partial charge on any atom is -0.451 e. The maximum Gasteiger partial charge on any atom is 0.350 e. The largest absolute Gasteiger partial charge is 0.451 e. The van der Waals surface area contributed by atoms with Crippen molar-refractivity contribution in [3.8, 4) is 0 Å². The predicted molar refractivity (Wildman–Crippen MR) is 44.6 cm³/mol. The van der Waals surface area contributed by atoms with Crippen LogP contribution >= 0.6 is 11.6 Å². The summed E-state index contributed by atoms with van der Waals surface area (Å²) in [5.41, 5.74) is 0. The lowest BCUT2D eigenvalue weighted by atomic mass is 10.2. The third kappa shape index (κ3) is 1.87. The van der Waals surface area contributed by atoms with Gasteiger partial charge in [0.15, 0.2) is 6.10 Å². The van der Waals surface area contributed by atoms with E-state index in [1.54, 1.807) is 13.0 Å². The van der Waals surface area contributed by atoms with Gasteiger partial charge in [0, 0.05) is 0 Å². The van der Waals surface area contributed by atoms with Crippen molar-refractivity contribution in [3.05, 3.63) is 23.3 Å². The zero-order chi connectivity index (χ0) is 9.14. The van der Waals surface area contributed by atoms with Crippen LogP contribution in [-0.2, 0) is 9.53 Å². The number of allylic oxidation sites excluding steroid dienone is 1. The number of rotatable bonds is 2. The Labute approximate surface area is 75.3 Å². The minimum absolute atomic E-state index is 0.0311. The molecule has 0 aromatic heterocycles. The van der Waals surface area contributed by atoms with Gasteiger partial charge in [-0.2, -0.15) is 0 Å². The van der Waals surface area contributed by atoms with Crippen LogP contribution in [0.5, 0.6) is 0 Å². The highest BCUT2D eigenvalue weighted by molar-refractivity contribution is 6.41. The molecule has 0 fully saturated rings. The van der Waals surface area contributed by atoms with Gasteiger partial charge < -0.3 is 9.84 Å². The van der Waals surface area contributed by atoms with E-state index >= 15 is 0 Å². The monoisotopic (exact) mass is 188 g/mol. The van der Waals surface area contributed by atoms with Gasteiger partial charge in [-0.15, -0.1) is 0 Å². The van der Waals surface area contributed by atoms with Gasteiger partial charge in [0.2, 0.25) is 0 Å². The van der Waals surface area contributed by atoms with E-state index in [4.69, 9.17) is 16.3 Å². The number of cyclic esters (lactones) is 1. The molecule has 0 amide bonds. The van der Waals surface area contributed by atoms with Gasteiger partial charge in [-0.25, -0.2) is 4.79 Å². The summed E-state index contributed by atoms with van der Waals surface area (Å²) in [6.45, 7) is 1.77. The number of carbonyl (C=O) groups excluding carboxylic acids is 1. The van der Waals surface area contributed by atoms with Gasteiger partial charge in [-0.3, -0.25) is 0 Å². The molecule has 3 nitrogen and oxygen atoms in total. The molecule has 0 aliphatic carbocycles. The van der Waals surface area contributed by atoms with E-state index in [9.17, 15) is 9.90 Å². The van der Waals surface area contributed by atoms with Crippen LogP contribution in [0.25, 0.3) is 0 Å².